The Balaban J connectivity index is 1.71. The molecule has 2 heterocycles. The Bertz CT molecular complexity index is 1270. The van der Waals surface area contributed by atoms with E-state index in [0.717, 1.165) is 5.56 Å². The summed E-state index contributed by atoms with van der Waals surface area (Å²) < 4.78 is 10.6. The molecule has 1 atom stereocenters. The van der Waals surface area contributed by atoms with Gasteiger partial charge in [0.05, 0.1) is 30.7 Å². The highest BCUT2D eigenvalue weighted by atomic mass is 35.5. The van der Waals surface area contributed by atoms with E-state index in [9.17, 15) is 14.7 Å². The molecule has 0 unspecified atom stereocenters. The lowest BCUT2D eigenvalue weighted by Gasteiger charge is -2.27. The minimum Gasteiger partial charge on any atom is -0.503 e. The van der Waals surface area contributed by atoms with Crippen LogP contribution in [0, 0.1) is 0 Å². The molecule has 0 spiro atoms. The summed E-state index contributed by atoms with van der Waals surface area (Å²) in [6.07, 6.45) is 0.446. The van der Waals surface area contributed by atoms with Crippen molar-refractivity contribution in [1.82, 2.24) is 4.90 Å². The summed E-state index contributed by atoms with van der Waals surface area (Å²) in [6, 6.07) is 12.9. The van der Waals surface area contributed by atoms with Crippen LogP contribution in [-0.4, -0.2) is 42.5 Å². The first kappa shape index (κ1) is 24.1. The van der Waals surface area contributed by atoms with Gasteiger partial charge >= 0.3 is 0 Å². The van der Waals surface area contributed by atoms with Gasteiger partial charge in [0.1, 0.15) is 0 Å². The number of hydrogen-bond donors (Lipinski definition) is 1. The quantitative estimate of drug-likeness (QED) is 0.376. The van der Waals surface area contributed by atoms with E-state index in [-0.39, 0.29) is 12.1 Å². The Morgan fingerprint density at radius 1 is 1.09 bits per heavy atom. The van der Waals surface area contributed by atoms with Crippen molar-refractivity contribution in [3.05, 3.63) is 91.3 Å². The van der Waals surface area contributed by atoms with Crippen LogP contribution < -0.4 is 9.47 Å². The first-order valence-corrected chi connectivity index (χ1v) is 12.0. The second kappa shape index (κ2) is 10.1. The van der Waals surface area contributed by atoms with Gasteiger partial charge in [-0.05, 0) is 53.3 Å². The predicted octanol–water partition coefficient (Wildman–Crippen LogP) is 5.89. The van der Waals surface area contributed by atoms with Gasteiger partial charge in [0, 0.05) is 16.6 Å². The van der Waals surface area contributed by atoms with Gasteiger partial charge in [-0.15, -0.1) is 11.3 Å². The maximum atomic E-state index is 13.3. The van der Waals surface area contributed by atoms with Gasteiger partial charge in [-0.2, -0.15) is 0 Å². The highest BCUT2D eigenvalue weighted by Gasteiger charge is 2.44. The third-order valence-electron chi connectivity index (χ3n) is 5.64. The molecule has 4 rings (SSSR count). The van der Waals surface area contributed by atoms with Crippen LogP contribution in [0.3, 0.4) is 0 Å². The second-order valence-electron chi connectivity index (χ2n) is 7.57. The fourth-order valence-electron chi connectivity index (χ4n) is 3.99. The molecule has 0 radical (unpaired) electrons. The van der Waals surface area contributed by atoms with Gasteiger partial charge in [0.15, 0.2) is 17.3 Å². The number of carbonyl (C=O) groups is 2. The Morgan fingerprint density at radius 3 is 2.50 bits per heavy atom. The zero-order chi connectivity index (χ0) is 24.4. The SMILES string of the molecule is COc1ccc(CCN2C(=O)C(O)=C(C(=O)c3cccs3)[C@@H]2c2ccc(Cl)cc2Cl)cc1OC. The molecule has 34 heavy (non-hydrogen) atoms. The summed E-state index contributed by atoms with van der Waals surface area (Å²) in [4.78, 5) is 28.3. The number of Topliss-reactive ketones (excluding diaryl/α,β-unsaturated/α-hetero) is 1. The van der Waals surface area contributed by atoms with Gasteiger partial charge in [-0.25, -0.2) is 0 Å². The normalized spacial score (nSPS) is 15.7. The summed E-state index contributed by atoms with van der Waals surface area (Å²) in [5.41, 5.74) is 1.41. The third kappa shape index (κ3) is 4.51. The predicted molar refractivity (Wildman–Crippen MR) is 132 cm³/mol. The maximum absolute atomic E-state index is 13.3. The van der Waals surface area contributed by atoms with Crippen molar-refractivity contribution < 1.29 is 24.2 Å². The van der Waals surface area contributed by atoms with Crippen LogP contribution in [0.15, 0.2) is 65.2 Å². The number of thiophene rings is 1. The second-order valence-corrected chi connectivity index (χ2v) is 9.37. The monoisotopic (exact) mass is 517 g/mol. The topological polar surface area (TPSA) is 76.1 Å². The van der Waals surface area contributed by atoms with Crippen molar-refractivity contribution in [2.75, 3.05) is 20.8 Å². The van der Waals surface area contributed by atoms with Crippen LogP contribution in [0.4, 0.5) is 0 Å². The van der Waals surface area contributed by atoms with Crippen molar-refractivity contribution in [2.24, 2.45) is 0 Å². The summed E-state index contributed by atoms with van der Waals surface area (Å²) >= 11 is 13.8. The Morgan fingerprint density at radius 2 is 1.85 bits per heavy atom. The molecule has 0 saturated heterocycles. The van der Waals surface area contributed by atoms with Crippen LogP contribution in [0.2, 0.25) is 10.0 Å². The fourth-order valence-corrected chi connectivity index (χ4v) is 5.18. The van der Waals surface area contributed by atoms with E-state index in [2.05, 4.69) is 0 Å². The number of hydrogen-bond acceptors (Lipinski definition) is 6. The minimum atomic E-state index is -0.855. The Hall–Kier alpha value is -3.00. The van der Waals surface area contributed by atoms with Crippen LogP contribution in [0.1, 0.15) is 26.8 Å². The van der Waals surface area contributed by atoms with Gasteiger partial charge in [-0.1, -0.05) is 41.4 Å². The largest absolute Gasteiger partial charge is 0.503 e. The number of nitrogens with zero attached hydrogens (tertiary/aromatic N) is 1. The number of ether oxygens (including phenoxy) is 2. The fraction of sp³-hybridized carbons (Fsp3) is 0.200. The summed E-state index contributed by atoms with van der Waals surface area (Å²) in [7, 11) is 3.11. The molecular formula is C25H21Cl2NO5S. The first-order valence-electron chi connectivity index (χ1n) is 10.3. The number of aliphatic hydroxyl groups excluding tert-OH is 1. The standard InChI is InChI=1S/C25H21Cl2NO5S/c1-32-18-8-5-14(12-19(18)33-2)9-10-28-22(16-7-6-15(26)13-17(16)27)21(24(30)25(28)31)23(29)20-4-3-11-34-20/h3-8,11-13,22,30H,9-10H2,1-2H3/t22-/m0/s1. The molecule has 1 aromatic heterocycles. The zero-order valence-corrected chi connectivity index (χ0v) is 20.7. The molecule has 0 saturated carbocycles. The molecule has 1 aliphatic heterocycles. The van der Waals surface area contributed by atoms with E-state index in [1.54, 1.807) is 56.0 Å². The molecule has 1 N–H and O–H groups in total. The molecule has 9 heteroatoms. The van der Waals surface area contributed by atoms with Crippen LogP contribution in [0.5, 0.6) is 11.5 Å². The van der Waals surface area contributed by atoms with E-state index in [4.69, 9.17) is 32.7 Å². The number of amides is 1. The van der Waals surface area contributed by atoms with E-state index < -0.39 is 23.5 Å². The number of benzene rings is 2. The summed E-state index contributed by atoms with van der Waals surface area (Å²) in [6.45, 7) is 0.225. The highest BCUT2D eigenvalue weighted by molar-refractivity contribution is 7.12. The smallest absolute Gasteiger partial charge is 0.290 e. The number of methoxy groups -OCH3 is 2. The molecule has 0 fully saturated rings. The van der Waals surface area contributed by atoms with Crippen LogP contribution in [0.25, 0.3) is 0 Å². The maximum Gasteiger partial charge on any atom is 0.290 e. The van der Waals surface area contributed by atoms with Crippen LogP contribution >= 0.6 is 34.5 Å². The molecule has 0 aliphatic carbocycles. The molecule has 1 amide bonds. The number of ketones is 1. The molecule has 0 bridgehead atoms. The van der Waals surface area contributed by atoms with E-state index in [1.807, 2.05) is 12.1 Å². The summed E-state index contributed by atoms with van der Waals surface area (Å²) in [5.74, 6) is -0.444. The average molecular weight is 518 g/mol. The van der Waals surface area contributed by atoms with E-state index >= 15 is 0 Å². The third-order valence-corrected chi connectivity index (χ3v) is 7.07. The molecule has 2 aromatic carbocycles. The zero-order valence-electron chi connectivity index (χ0n) is 18.4. The van der Waals surface area contributed by atoms with Gasteiger partial charge in [0.25, 0.3) is 5.91 Å². The first-order chi connectivity index (χ1) is 16.3. The van der Waals surface area contributed by atoms with E-state index in [1.165, 1.54) is 16.2 Å². The lowest BCUT2D eigenvalue weighted by molar-refractivity contribution is -0.129. The van der Waals surface area contributed by atoms with E-state index in [0.29, 0.717) is 38.4 Å². The van der Waals surface area contributed by atoms with Crippen molar-refractivity contribution in [3.63, 3.8) is 0 Å². The van der Waals surface area contributed by atoms with Crippen molar-refractivity contribution in [1.29, 1.82) is 0 Å². The van der Waals surface area contributed by atoms with Crippen molar-refractivity contribution >= 4 is 46.2 Å². The van der Waals surface area contributed by atoms with Crippen molar-refractivity contribution in [2.45, 2.75) is 12.5 Å². The minimum absolute atomic E-state index is 0.00369. The molecule has 176 valence electrons. The number of carbonyl (C=O) groups excluding carboxylic acids is 2. The molecular weight excluding hydrogens is 497 g/mol. The lowest BCUT2D eigenvalue weighted by atomic mass is 9.95. The Labute approximate surface area is 210 Å². The lowest BCUT2D eigenvalue weighted by Crippen LogP contribution is -2.33. The van der Waals surface area contributed by atoms with Crippen LogP contribution in [-0.2, 0) is 11.2 Å². The number of aliphatic hydroxyl groups is 1. The highest BCUT2D eigenvalue weighted by Crippen LogP contribution is 2.42. The van der Waals surface area contributed by atoms with Gasteiger partial charge in [-0.3, -0.25) is 9.59 Å². The number of halogens is 2. The average Bonchev–Trinajstić information content (AvgIpc) is 3.45. The Kier molecular flexibility index (Phi) is 7.16. The molecule has 6 nitrogen and oxygen atoms in total. The molecule has 3 aromatic rings. The van der Waals surface area contributed by atoms with Gasteiger partial charge < -0.3 is 19.5 Å². The summed E-state index contributed by atoms with van der Waals surface area (Å²) in [5, 5.41) is 13.3. The molecule has 1 aliphatic rings. The number of rotatable bonds is 8. The van der Waals surface area contributed by atoms with Crippen molar-refractivity contribution in [3.8, 4) is 11.5 Å². The van der Waals surface area contributed by atoms with Gasteiger partial charge in [0.2, 0.25) is 5.78 Å².